The third-order valence-corrected chi connectivity index (χ3v) is 6.58. The molecule has 2 aromatic rings. The van der Waals surface area contributed by atoms with Gasteiger partial charge in [0.2, 0.25) is 0 Å². The van der Waals surface area contributed by atoms with E-state index in [1.54, 1.807) is 36.0 Å². The second-order valence-electron chi connectivity index (χ2n) is 7.25. The first-order chi connectivity index (χ1) is 13.0. The Morgan fingerprint density at radius 2 is 1.85 bits per heavy atom. The van der Waals surface area contributed by atoms with Gasteiger partial charge in [0.25, 0.3) is 5.56 Å². The molecule has 7 heteroatoms. The van der Waals surface area contributed by atoms with E-state index in [9.17, 15) is 9.59 Å². The molecule has 0 saturated heterocycles. The third-order valence-electron chi connectivity index (χ3n) is 5.40. The molecule has 6 nitrogen and oxygen atoms in total. The van der Waals surface area contributed by atoms with Crippen LogP contribution in [0.5, 0.6) is 0 Å². The number of hydrogen-bond acceptors (Lipinski definition) is 4. The average molecular weight is 385 g/mol. The number of hydrogen-bond donors (Lipinski definition) is 2. The van der Waals surface area contributed by atoms with Crippen molar-refractivity contribution in [3.8, 4) is 0 Å². The zero-order valence-corrected chi connectivity index (χ0v) is 16.1. The highest BCUT2D eigenvalue weighted by Crippen LogP contribution is 2.45. The maximum absolute atomic E-state index is 12.8. The lowest BCUT2D eigenvalue weighted by atomic mass is 10.0. The Bertz CT molecular complexity index is 934. The molecule has 142 valence electrons. The molecule has 1 aliphatic heterocycles. The SMILES string of the molecule is CC1=Nc2c(c(=O)[nH]n2C2CCCCCC2)C(c2ccc(C(=O)O)cc2)S1. The van der Waals surface area contributed by atoms with Crippen LogP contribution in [-0.4, -0.2) is 25.9 Å². The number of carboxylic acid groups (broad SMARTS) is 1. The number of thioether (sulfide) groups is 1. The molecule has 1 aliphatic carbocycles. The first-order valence-electron chi connectivity index (χ1n) is 9.44. The van der Waals surface area contributed by atoms with Crippen molar-refractivity contribution in [1.82, 2.24) is 9.78 Å². The molecule has 1 saturated carbocycles. The van der Waals surface area contributed by atoms with Crippen LogP contribution in [0.3, 0.4) is 0 Å². The molecule has 2 aliphatic rings. The van der Waals surface area contributed by atoms with Crippen molar-refractivity contribution in [3.63, 3.8) is 0 Å². The predicted octanol–water partition coefficient (Wildman–Crippen LogP) is 4.66. The number of fused-ring (bicyclic) bond motifs is 1. The highest BCUT2D eigenvalue weighted by molar-refractivity contribution is 8.14. The minimum atomic E-state index is -0.950. The maximum Gasteiger partial charge on any atom is 0.335 e. The fraction of sp³-hybridized carbons (Fsp3) is 0.450. The minimum absolute atomic E-state index is 0.0923. The summed E-state index contributed by atoms with van der Waals surface area (Å²) in [7, 11) is 0. The Balaban J connectivity index is 1.75. The molecule has 27 heavy (non-hydrogen) atoms. The molecule has 0 bridgehead atoms. The zero-order chi connectivity index (χ0) is 19.0. The van der Waals surface area contributed by atoms with Gasteiger partial charge in [-0.15, -0.1) is 0 Å². The number of nitrogens with zero attached hydrogens (tertiary/aromatic N) is 2. The van der Waals surface area contributed by atoms with Gasteiger partial charge < -0.3 is 5.11 Å². The van der Waals surface area contributed by atoms with Gasteiger partial charge in [0.05, 0.1) is 27.5 Å². The number of nitrogens with one attached hydrogen (secondary N) is 1. The Morgan fingerprint density at radius 3 is 2.48 bits per heavy atom. The number of carbonyl (C=O) groups is 1. The second kappa shape index (κ2) is 7.38. The summed E-state index contributed by atoms with van der Waals surface area (Å²) >= 11 is 1.54. The van der Waals surface area contributed by atoms with Gasteiger partial charge in [-0.25, -0.2) is 9.79 Å². The summed E-state index contributed by atoms with van der Waals surface area (Å²) in [5.41, 5.74) is 1.75. The lowest BCUT2D eigenvalue weighted by Crippen LogP contribution is -2.14. The number of aromatic amines is 1. The van der Waals surface area contributed by atoms with Crippen molar-refractivity contribution in [2.24, 2.45) is 4.99 Å². The Labute approximate surface area is 161 Å². The van der Waals surface area contributed by atoms with Gasteiger partial charge in [0, 0.05) is 0 Å². The first-order valence-corrected chi connectivity index (χ1v) is 10.3. The molecule has 1 atom stereocenters. The topological polar surface area (TPSA) is 87.5 Å². The van der Waals surface area contributed by atoms with Crippen molar-refractivity contribution in [3.05, 3.63) is 51.3 Å². The van der Waals surface area contributed by atoms with Crippen molar-refractivity contribution >= 4 is 28.6 Å². The molecule has 1 unspecified atom stereocenters. The summed E-state index contributed by atoms with van der Waals surface area (Å²) in [6, 6.07) is 7.07. The molecule has 1 aromatic carbocycles. The van der Waals surface area contributed by atoms with E-state index < -0.39 is 5.97 Å². The van der Waals surface area contributed by atoms with Crippen LogP contribution in [-0.2, 0) is 0 Å². The van der Waals surface area contributed by atoms with Crippen LogP contribution in [0.15, 0.2) is 34.1 Å². The van der Waals surface area contributed by atoms with E-state index in [4.69, 9.17) is 10.1 Å². The summed E-state index contributed by atoms with van der Waals surface area (Å²) in [6.45, 7) is 1.96. The zero-order valence-electron chi connectivity index (χ0n) is 15.3. The van der Waals surface area contributed by atoms with Crippen molar-refractivity contribution in [2.75, 3.05) is 0 Å². The van der Waals surface area contributed by atoms with E-state index in [0.29, 0.717) is 11.6 Å². The van der Waals surface area contributed by atoms with Crippen LogP contribution in [0.1, 0.15) is 78.2 Å². The van der Waals surface area contributed by atoms with E-state index in [1.807, 2.05) is 11.6 Å². The van der Waals surface area contributed by atoms with Crippen molar-refractivity contribution < 1.29 is 9.90 Å². The average Bonchev–Trinajstić information content (AvgIpc) is 2.84. The molecule has 2 N–H and O–H groups in total. The summed E-state index contributed by atoms with van der Waals surface area (Å²) in [4.78, 5) is 28.7. The molecule has 1 aromatic heterocycles. The van der Waals surface area contributed by atoms with Crippen LogP contribution in [0.2, 0.25) is 0 Å². The van der Waals surface area contributed by atoms with Gasteiger partial charge in [-0.2, -0.15) is 0 Å². The largest absolute Gasteiger partial charge is 0.478 e. The number of H-pyrrole nitrogens is 1. The monoisotopic (exact) mass is 385 g/mol. The van der Waals surface area contributed by atoms with Crippen molar-refractivity contribution in [1.29, 1.82) is 0 Å². The first kappa shape index (κ1) is 18.1. The van der Waals surface area contributed by atoms with Gasteiger partial charge in [-0.05, 0) is 37.5 Å². The van der Waals surface area contributed by atoms with Gasteiger partial charge in [-0.1, -0.05) is 49.6 Å². The second-order valence-corrected chi connectivity index (χ2v) is 8.55. The number of aromatic nitrogens is 2. The summed E-state index contributed by atoms with van der Waals surface area (Å²) in [6.07, 6.45) is 6.99. The number of carboxylic acids is 1. The Hall–Kier alpha value is -2.28. The number of aromatic carboxylic acids is 1. The minimum Gasteiger partial charge on any atom is -0.478 e. The molecule has 4 rings (SSSR count). The smallest absolute Gasteiger partial charge is 0.335 e. The lowest BCUT2D eigenvalue weighted by Gasteiger charge is -2.23. The van der Waals surface area contributed by atoms with Gasteiger partial charge >= 0.3 is 5.97 Å². The van der Waals surface area contributed by atoms with Crippen molar-refractivity contribution in [2.45, 2.75) is 56.7 Å². The summed E-state index contributed by atoms with van der Waals surface area (Å²) < 4.78 is 1.99. The van der Waals surface area contributed by atoms with Gasteiger partial charge in [0.15, 0.2) is 5.82 Å². The number of rotatable bonds is 3. The lowest BCUT2D eigenvalue weighted by molar-refractivity contribution is 0.0697. The van der Waals surface area contributed by atoms with E-state index in [2.05, 4.69) is 5.10 Å². The summed E-state index contributed by atoms with van der Waals surface area (Å²) in [5, 5.41) is 12.9. The highest BCUT2D eigenvalue weighted by Gasteiger charge is 2.32. The van der Waals surface area contributed by atoms with E-state index >= 15 is 0 Å². The van der Waals surface area contributed by atoms with Gasteiger partial charge in [-0.3, -0.25) is 14.6 Å². The highest BCUT2D eigenvalue weighted by atomic mass is 32.2. The Kier molecular flexibility index (Phi) is 4.95. The maximum atomic E-state index is 12.8. The Morgan fingerprint density at radius 1 is 1.19 bits per heavy atom. The van der Waals surface area contributed by atoms with Crippen LogP contribution in [0, 0.1) is 0 Å². The van der Waals surface area contributed by atoms with Crippen LogP contribution in [0.4, 0.5) is 5.82 Å². The molecular formula is C20H23N3O3S. The molecule has 0 amide bonds. The fourth-order valence-electron chi connectivity index (χ4n) is 4.02. The van der Waals surface area contributed by atoms with E-state index in [0.717, 1.165) is 29.3 Å². The fourth-order valence-corrected chi connectivity index (χ4v) is 5.13. The number of benzene rings is 1. The molecule has 1 fully saturated rings. The van der Waals surface area contributed by atoms with Crippen LogP contribution < -0.4 is 5.56 Å². The molecular weight excluding hydrogens is 362 g/mol. The van der Waals surface area contributed by atoms with Crippen LogP contribution in [0.25, 0.3) is 0 Å². The van der Waals surface area contributed by atoms with Gasteiger partial charge in [0.1, 0.15) is 0 Å². The molecule has 0 radical (unpaired) electrons. The van der Waals surface area contributed by atoms with E-state index in [-0.39, 0.29) is 16.4 Å². The summed E-state index contributed by atoms with van der Waals surface area (Å²) in [5.74, 6) is -0.205. The third kappa shape index (κ3) is 3.48. The predicted molar refractivity (Wildman–Crippen MR) is 107 cm³/mol. The quantitative estimate of drug-likeness (QED) is 0.753. The number of aliphatic imine (C=N–C) groups is 1. The molecule has 0 spiro atoms. The normalized spacial score (nSPS) is 20.6. The van der Waals surface area contributed by atoms with E-state index in [1.165, 1.54) is 25.7 Å². The molecule has 2 heterocycles. The standard InChI is InChI=1S/C20H23N3O3S/c1-12-21-18-16(17(27-12)13-8-10-14(11-9-13)20(25)26)19(24)22-23(18)15-6-4-2-3-5-7-15/h8-11,15,17H,2-7H2,1H3,(H,22,24)(H,25,26). The van der Waals surface area contributed by atoms with Crippen LogP contribution >= 0.6 is 11.8 Å².